The van der Waals surface area contributed by atoms with Crippen molar-refractivity contribution < 1.29 is 0 Å². The lowest BCUT2D eigenvalue weighted by molar-refractivity contribution is 0.780. The topological polar surface area (TPSA) is 104 Å². The molecular weight excluding hydrogens is 288 g/mol. The predicted molar refractivity (Wildman–Crippen MR) is 91.3 cm³/mol. The van der Waals surface area contributed by atoms with Crippen molar-refractivity contribution >= 4 is 17.1 Å². The third-order valence-corrected chi connectivity index (χ3v) is 3.11. The first-order chi connectivity index (χ1) is 11.3. The smallest absolute Gasteiger partial charge is 0.0929 e. The van der Waals surface area contributed by atoms with Gasteiger partial charge in [0.15, 0.2) is 0 Å². The molecule has 1 aromatic heterocycles. The highest BCUT2D eigenvalue weighted by Gasteiger charge is 2.06. The number of fused-ring (bicyclic) bond motifs is 1. The molecule has 0 aliphatic carbocycles. The number of aromatic nitrogens is 2. The van der Waals surface area contributed by atoms with Crippen LogP contribution in [0, 0.1) is 23.7 Å². The fraction of sp³-hybridized carbons (Fsp3) is 0.0588. The molecule has 0 fully saturated rings. The van der Waals surface area contributed by atoms with Crippen LogP contribution in [0.1, 0.15) is 5.56 Å². The number of benzene rings is 2. The van der Waals surface area contributed by atoms with Gasteiger partial charge in [0.2, 0.25) is 0 Å². The number of nitrogens with two attached hydrogens (primary N) is 1. The number of aryl methyl sites for hydroxylation is 1. The molecule has 23 heavy (non-hydrogen) atoms. The van der Waals surface area contributed by atoms with Crippen LogP contribution in [0.2, 0.25) is 0 Å². The molecule has 0 bridgehead atoms. The van der Waals surface area contributed by atoms with Crippen molar-refractivity contribution in [1.82, 2.24) is 9.78 Å². The van der Waals surface area contributed by atoms with Gasteiger partial charge >= 0.3 is 0 Å². The van der Waals surface area contributed by atoms with Gasteiger partial charge in [-0.3, -0.25) is 4.68 Å². The van der Waals surface area contributed by atoms with Crippen LogP contribution < -0.4 is 5.84 Å². The molecule has 3 aromatic rings. The van der Waals surface area contributed by atoms with Gasteiger partial charge in [-0.05, 0) is 22.8 Å². The maximum atomic E-state index is 6.50. The summed E-state index contributed by atoms with van der Waals surface area (Å²) < 4.78 is 1.84. The third-order valence-electron chi connectivity index (χ3n) is 3.11. The Bertz CT molecular complexity index is 818. The molecule has 0 unspecified atom stereocenters. The molecule has 6 nitrogen and oxygen atoms in total. The number of hydrogen-bond acceptors (Lipinski definition) is 5. The first-order valence-corrected chi connectivity index (χ1v) is 6.55. The van der Waals surface area contributed by atoms with Crippen LogP contribution in [0.25, 0.3) is 22.0 Å². The lowest BCUT2D eigenvalue weighted by Gasteiger charge is -2.03. The van der Waals surface area contributed by atoms with Crippen molar-refractivity contribution in [1.29, 1.82) is 10.5 Å². The second-order valence-electron chi connectivity index (χ2n) is 4.44. The summed E-state index contributed by atoms with van der Waals surface area (Å²) >= 11 is 0. The Labute approximate surface area is 134 Å². The van der Waals surface area contributed by atoms with Crippen molar-refractivity contribution in [2.75, 3.05) is 0 Å². The summed E-state index contributed by atoms with van der Waals surface area (Å²) in [6, 6.07) is 14.3. The summed E-state index contributed by atoms with van der Waals surface area (Å²) in [5, 5.41) is 22.1. The molecule has 3 rings (SSSR count). The third kappa shape index (κ3) is 3.93. The van der Waals surface area contributed by atoms with Crippen LogP contribution in [-0.2, 0) is 7.05 Å². The number of nitriles is 2. The molecule has 114 valence electrons. The van der Waals surface area contributed by atoms with Crippen LogP contribution in [0.4, 0.5) is 0 Å². The second kappa shape index (κ2) is 8.60. The average molecular weight is 304 g/mol. The van der Waals surface area contributed by atoms with E-state index in [2.05, 4.69) is 41.5 Å². The van der Waals surface area contributed by atoms with E-state index in [0.29, 0.717) is 0 Å². The number of rotatable bonds is 2. The first kappa shape index (κ1) is 17.4. The van der Waals surface area contributed by atoms with E-state index in [4.69, 9.17) is 16.4 Å². The quantitative estimate of drug-likeness (QED) is 0.446. The highest BCUT2D eigenvalue weighted by atomic mass is 15.2. The standard InChI is InChI=1S/C15H14N4.2CHN/c1-19-10-14-13(3-2-4-15(14)18-19)12-7-5-11(6-8-12)9-17-16;2*1-2/h2-10H,16H2,1H3;2*1H. The highest BCUT2D eigenvalue weighted by molar-refractivity contribution is 5.94. The second-order valence-corrected chi connectivity index (χ2v) is 4.44. The van der Waals surface area contributed by atoms with E-state index in [1.165, 1.54) is 5.56 Å². The summed E-state index contributed by atoms with van der Waals surface area (Å²) in [6.07, 6.45) is 3.67. The fourth-order valence-corrected chi connectivity index (χ4v) is 2.25. The van der Waals surface area contributed by atoms with Gasteiger partial charge in [0.25, 0.3) is 0 Å². The lowest BCUT2D eigenvalue weighted by atomic mass is 10.0. The Morgan fingerprint density at radius 3 is 2.35 bits per heavy atom. The van der Waals surface area contributed by atoms with Crippen molar-refractivity contribution in [3.63, 3.8) is 0 Å². The van der Waals surface area contributed by atoms with Gasteiger partial charge in [0.1, 0.15) is 0 Å². The number of hydrogen-bond donors (Lipinski definition) is 1. The van der Waals surface area contributed by atoms with Gasteiger partial charge in [-0.15, -0.1) is 0 Å². The molecule has 6 heteroatoms. The SMILES string of the molecule is C#N.C#N.Cn1cc2c(-c3ccc(C=NN)cc3)cccc2n1. The van der Waals surface area contributed by atoms with Crippen LogP contribution in [0.3, 0.4) is 0 Å². The molecule has 0 aliphatic rings. The molecule has 0 saturated carbocycles. The van der Waals surface area contributed by atoms with Crippen LogP contribution in [0.5, 0.6) is 0 Å². The molecule has 0 amide bonds. The van der Waals surface area contributed by atoms with Crippen molar-refractivity contribution in [3.05, 3.63) is 54.2 Å². The fourth-order valence-electron chi connectivity index (χ4n) is 2.25. The Balaban J connectivity index is 0.000000615. The molecule has 2 N–H and O–H groups in total. The number of hydrazone groups is 1. The zero-order chi connectivity index (χ0) is 17.2. The Kier molecular flexibility index (Phi) is 6.51. The molecule has 0 aliphatic heterocycles. The highest BCUT2D eigenvalue weighted by Crippen LogP contribution is 2.27. The van der Waals surface area contributed by atoms with Gasteiger partial charge < -0.3 is 5.84 Å². The normalized spacial score (nSPS) is 9.61. The van der Waals surface area contributed by atoms with Crippen molar-refractivity contribution in [3.8, 4) is 24.3 Å². The minimum absolute atomic E-state index is 0.990. The zero-order valence-electron chi connectivity index (χ0n) is 12.7. The predicted octanol–water partition coefficient (Wildman–Crippen LogP) is 2.81. The molecule has 0 radical (unpaired) electrons. The molecule has 0 atom stereocenters. The Hall–Kier alpha value is -3.64. The van der Waals surface area contributed by atoms with Gasteiger partial charge in [-0.1, -0.05) is 36.4 Å². The average Bonchev–Trinajstić information content (AvgIpc) is 3.00. The lowest BCUT2D eigenvalue weighted by Crippen LogP contribution is -1.86. The van der Waals surface area contributed by atoms with Gasteiger partial charge in [-0.25, -0.2) is 10.5 Å². The van der Waals surface area contributed by atoms with E-state index in [-0.39, 0.29) is 0 Å². The van der Waals surface area contributed by atoms with Crippen LogP contribution in [0.15, 0.2) is 53.8 Å². The van der Waals surface area contributed by atoms with E-state index >= 15 is 0 Å². The maximum absolute atomic E-state index is 6.50. The minimum Gasteiger partial charge on any atom is -0.323 e. The van der Waals surface area contributed by atoms with Gasteiger partial charge in [0.05, 0.1) is 11.7 Å². The molecule has 0 saturated heterocycles. The van der Waals surface area contributed by atoms with E-state index in [1.807, 2.05) is 42.2 Å². The number of nitrogens with zero attached hydrogens (tertiary/aromatic N) is 5. The van der Waals surface area contributed by atoms with E-state index < -0.39 is 0 Å². The monoisotopic (exact) mass is 304 g/mol. The molecule has 1 heterocycles. The van der Waals surface area contributed by atoms with Gasteiger partial charge in [0, 0.05) is 31.8 Å². The van der Waals surface area contributed by atoms with E-state index in [0.717, 1.165) is 22.0 Å². The maximum Gasteiger partial charge on any atom is 0.0929 e. The summed E-state index contributed by atoms with van der Waals surface area (Å²) in [5.74, 6) is 5.15. The van der Waals surface area contributed by atoms with Crippen LogP contribution >= 0.6 is 0 Å². The first-order valence-electron chi connectivity index (χ1n) is 6.55. The summed E-state index contributed by atoms with van der Waals surface area (Å²) in [7, 11) is 1.94. The Morgan fingerprint density at radius 1 is 1.09 bits per heavy atom. The molecule has 2 aromatic carbocycles. The van der Waals surface area contributed by atoms with Crippen molar-refractivity contribution in [2.45, 2.75) is 0 Å². The summed E-state index contributed by atoms with van der Waals surface area (Å²) in [5.41, 5.74) is 4.34. The van der Waals surface area contributed by atoms with Gasteiger partial charge in [-0.2, -0.15) is 10.2 Å². The van der Waals surface area contributed by atoms with E-state index in [1.54, 1.807) is 6.21 Å². The van der Waals surface area contributed by atoms with E-state index in [9.17, 15) is 0 Å². The summed E-state index contributed by atoms with van der Waals surface area (Å²) in [6.45, 7) is 7.00. The molecule has 0 spiro atoms. The summed E-state index contributed by atoms with van der Waals surface area (Å²) in [4.78, 5) is 0. The zero-order valence-corrected chi connectivity index (χ0v) is 12.7. The molecular formula is C17H16N6. The van der Waals surface area contributed by atoms with Crippen LogP contribution in [-0.4, -0.2) is 16.0 Å². The minimum atomic E-state index is 0.990. The Morgan fingerprint density at radius 2 is 1.74 bits per heavy atom. The van der Waals surface area contributed by atoms with Crippen molar-refractivity contribution in [2.24, 2.45) is 18.0 Å². The largest absolute Gasteiger partial charge is 0.323 e.